The lowest BCUT2D eigenvalue weighted by Gasteiger charge is -2.11. The molecule has 0 aliphatic rings. The van der Waals surface area contributed by atoms with Crippen molar-refractivity contribution in [2.24, 2.45) is 0 Å². The van der Waals surface area contributed by atoms with Crippen molar-refractivity contribution in [3.05, 3.63) is 23.5 Å². The molecule has 2 rings (SSSR count). The molecule has 0 spiro atoms. The van der Waals surface area contributed by atoms with Crippen molar-refractivity contribution >= 4 is 29.4 Å². The van der Waals surface area contributed by atoms with Crippen molar-refractivity contribution in [1.29, 1.82) is 0 Å². The Bertz CT molecular complexity index is 585. The fraction of sp³-hybridized carbons (Fsp3) is 0.462. The molecule has 2 heterocycles. The third kappa shape index (κ3) is 3.46. The first-order valence-corrected chi connectivity index (χ1v) is 6.35. The second-order valence-electron chi connectivity index (χ2n) is 4.46. The number of likely N-dealkylation sites (N-methyl/N-ethyl adjacent to an activating group) is 1. The third-order valence-corrected chi connectivity index (χ3v) is 3.06. The highest BCUT2D eigenvalue weighted by atomic mass is 35.5. The normalized spacial score (nSPS) is 11.9. The van der Waals surface area contributed by atoms with Gasteiger partial charge in [0.1, 0.15) is 0 Å². The minimum Gasteiger partial charge on any atom is -0.350 e. The monoisotopic (exact) mass is 298 g/mol. The number of carbonyl (C=O) groups is 1. The van der Waals surface area contributed by atoms with Crippen molar-refractivity contribution in [1.82, 2.24) is 20.8 Å². The maximum Gasteiger partial charge on any atom is 0.257 e. The number of carbonyl (C=O) groups excluding carboxylic acids is 1. The first-order valence-electron chi connectivity index (χ1n) is 6.35. The lowest BCUT2D eigenvalue weighted by atomic mass is 10.1. The zero-order valence-electron chi connectivity index (χ0n) is 11.8. The Hall–Kier alpha value is -1.66. The number of amides is 1. The van der Waals surface area contributed by atoms with E-state index in [1.165, 1.54) is 6.20 Å². The Labute approximate surface area is 123 Å². The van der Waals surface area contributed by atoms with Gasteiger partial charge in [-0.2, -0.15) is 0 Å². The van der Waals surface area contributed by atoms with Gasteiger partial charge < -0.3 is 15.2 Å². The number of nitrogens with zero attached hydrogens (tertiary/aromatic N) is 2. The molecule has 0 aromatic carbocycles. The van der Waals surface area contributed by atoms with Gasteiger partial charge in [0.25, 0.3) is 11.6 Å². The zero-order valence-corrected chi connectivity index (χ0v) is 12.6. The molecular formula is C13H19ClN4O2. The van der Waals surface area contributed by atoms with E-state index >= 15 is 0 Å². The van der Waals surface area contributed by atoms with Crippen LogP contribution in [0.4, 0.5) is 0 Å². The third-order valence-electron chi connectivity index (χ3n) is 3.06. The second kappa shape index (κ2) is 7.21. The summed E-state index contributed by atoms with van der Waals surface area (Å²) in [6.07, 6.45) is 2.25. The predicted molar refractivity (Wildman–Crippen MR) is 79.3 cm³/mol. The Morgan fingerprint density at radius 3 is 2.90 bits per heavy atom. The summed E-state index contributed by atoms with van der Waals surface area (Å²) in [6, 6.07) is 2.00. The quantitative estimate of drug-likeness (QED) is 0.875. The predicted octanol–water partition coefficient (Wildman–Crippen LogP) is 1.54. The standard InChI is InChI=1S/C13H18N4O2.ClH/c1-4-11-10-5-9(7-16-13(10)19-17-11)12(18)15-6-8(2)14-3;/h5,7-8,14H,4,6H2,1-3H3,(H,15,18);1H. The van der Waals surface area contributed by atoms with Crippen LogP contribution in [0.15, 0.2) is 16.8 Å². The number of pyridine rings is 1. The molecule has 0 bridgehead atoms. The first kappa shape index (κ1) is 16.4. The summed E-state index contributed by atoms with van der Waals surface area (Å²) in [4.78, 5) is 16.1. The van der Waals surface area contributed by atoms with E-state index in [1.807, 2.05) is 20.9 Å². The summed E-state index contributed by atoms with van der Waals surface area (Å²) in [5.41, 5.74) is 1.81. The largest absolute Gasteiger partial charge is 0.350 e. The van der Waals surface area contributed by atoms with Gasteiger partial charge in [-0.1, -0.05) is 12.1 Å². The van der Waals surface area contributed by atoms with Crippen LogP contribution in [0, 0.1) is 0 Å². The van der Waals surface area contributed by atoms with Crippen LogP contribution in [0.5, 0.6) is 0 Å². The molecule has 0 saturated carbocycles. The van der Waals surface area contributed by atoms with Gasteiger partial charge in [0.15, 0.2) is 0 Å². The van der Waals surface area contributed by atoms with Crippen molar-refractivity contribution in [3.8, 4) is 0 Å². The highest BCUT2D eigenvalue weighted by molar-refractivity contribution is 5.97. The molecule has 0 saturated heterocycles. The van der Waals surface area contributed by atoms with Crippen LogP contribution in [-0.4, -0.2) is 35.7 Å². The van der Waals surface area contributed by atoms with Gasteiger partial charge in [-0.05, 0) is 26.5 Å². The van der Waals surface area contributed by atoms with Gasteiger partial charge in [0.05, 0.1) is 16.6 Å². The number of nitrogens with one attached hydrogen (secondary N) is 2. The summed E-state index contributed by atoms with van der Waals surface area (Å²) in [7, 11) is 1.86. The fourth-order valence-electron chi connectivity index (χ4n) is 1.71. The summed E-state index contributed by atoms with van der Waals surface area (Å²) in [6.45, 7) is 4.55. The molecule has 2 aromatic rings. The molecule has 6 nitrogen and oxygen atoms in total. The van der Waals surface area contributed by atoms with E-state index in [9.17, 15) is 4.79 Å². The average Bonchev–Trinajstić information content (AvgIpc) is 2.86. The molecule has 1 unspecified atom stereocenters. The molecule has 2 aromatic heterocycles. The molecule has 2 N–H and O–H groups in total. The van der Waals surface area contributed by atoms with E-state index in [0.717, 1.165) is 17.5 Å². The molecule has 0 radical (unpaired) electrons. The van der Waals surface area contributed by atoms with Crippen LogP contribution < -0.4 is 10.6 Å². The van der Waals surface area contributed by atoms with Crippen LogP contribution in [0.25, 0.3) is 11.1 Å². The smallest absolute Gasteiger partial charge is 0.257 e. The highest BCUT2D eigenvalue weighted by Gasteiger charge is 2.12. The van der Waals surface area contributed by atoms with Crippen LogP contribution >= 0.6 is 12.4 Å². The Balaban J connectivity index is 0.00000200. The van der Waals surface area contributed by atoms with Gasteiger partial charge in [0, 0.05) is 18.8 Å². The zero-order chi connectivity index (χ0) is 13.8. The maximum absolute atomic E-state index is 12.0. The van der Waals surface area contributed by atoms with Gasteiger partial charge in [-0.3, -0.25) is 4.79 Å². The Morgan fingerprint density at radius 2 is 2.25 bits per heavy atom. The van der Waals surface area contributed by atoms with E-state index in [-0.39, 0.29) is 24.4 Å². The molecule has 1 atom stereocenters. The average molecular weight is 299 g/mol. The molecule has 20 heavy (non-hydrogen) atoms. The van der Waals surface area contributed by atoms with Gasteiger partial charge in [-0.25, -0.2) is 4.98 Å². The molecule has 0 fully saturated rings. The lowest BCUT2D eigenvalue weighted by Crippen LogP contribution is -2.37. The minimum atomic E-state index is -0.139. The van der Waals surface area contributed by atoms with Gasteiger partial charge >= 0.3 is 0 Å². The summed E-state index contributed by atoms with van der Waals surface area (Å²) < 4.78 is 5.09. The number of rotatable bonds is 5. The molecule has 0 aliphatic carbocycles. The SMILES string of the molecule is CCc1noc2ncc(C(=O)NCC(C)NC)cc12.Cl. The fourth-order valence-corrected chi connectivity index (χ4v) is 1.71. The van der Waals surface area contributed by atoms with Crippen molar-refractivity contribution < 1.29 is 9.32 Å². The number of aryl methyl sites for hydroxylation is 1. The van der Waals surface area contributed by atoms with Crippen LogP contribution in [0.2, 0.25) is 0 Å². The number of halogens is 1. The van der Waals surface area contributed by atoms with Crippen LogP contribution in [0.1, 0.15) is 29.9 Å². The van der Waals surface area contributed by atoms with E-state index in [2.05, 4.69) is 20.8 Å². The Kier molecular flexibility index (Phi) is 5.91. The number of hydrogen-bond acceptors (Lipinski definition) is 5. The molecule has 1 amide bonds. The van der Waals surface area contributed by atoms with E-state index < -0.39 is 0 Å². The topological polar surface area (TPSA) is 80.0 Å². The number of fused-ring (bicyclic) bond motifs is 1. The molecule has 0 aliphatic heterocycles. The summed E-state index contributed by atoms with van der Waals surface area (Å²) in [5, 5.41) is 10.6. The first-order chi connectivity index (χ1) is 9.15. The number of aromatic nitrogens is 2. The van der Waals surface area contributed by atoms with Crippen LogP contribution in [0.3, 0.4) is 0 Å². The number of hydrogen-bond donors (Lipinski definition) is 2. The maximum atomic E-state index is 12.0. The van der Waals surface area contributed by atoms with Crippen LogP contribution in [-0.2, 0) is 6.42 Å². The molecule has 110 valence electrons. The van der Waals surface area contributed by atoms with E-state index in [4.69, 9.17) is 4.52 Å². The van der Waals surface area contributed by atoms with E-state index in [1.54, 1.807) is 6.07 Å². The molecular weight excluding hydrogens is 280 g/mol. The van der Waals surface area contributed by atoms with Crippen molar-refractivity contribution in [2.75, 3.05) is 13.6 Å². The second-order valence-corrected chi connectivity index (χ2v) is 4.46. The van der Waals surface area contributed by atoms with Crippen molar-refractivity contribution in [3.63, 3.8) is 0 Å². The van der Waals surface area contributed by atoms with Gasteiger partial charge in [-0.15, -0.1) is 12.4 Å². The van der Waals surface area contributed by atoms with E-state index in [0.29, 0.717) is 17.8 Å². The molecule has 7 heteroatoms. The summed E-state index contributed by atoms with van der Waals surface area (Å²) in [5.74, 6) is -0.139. The van der Waals surface area contributed by atoms with Crippen molar-refractivity contribution in [2.45, 2.75) is 26.3 Å². The minimum absolute atomic E-state index is 0. The van der Waals surface area contributed by atoms with Gasteiger partial charge in [0.2, 0.25) is 0 Å². The highest BCUT2D eigenvalue weighted by Crippen LogP contribution is 2.18. The Morgan fingerprint density at radius 1 is 1.50 bits per heavy atom. The summed E-state index contributed by atoms with van der Waals surface area (Å²) >= 11 is 0. The lowest BCUT2D eigenvalue weighted by molar-refractivity contribution is 0.0950.